The average molecular weight is 427 g/mol. The minimum Gasteiger partial charge on any atom is -0.487 e. The summed E-state index contributed by atoms with van der Waals surface area (Å²) in [5.74, 6) is 2.08. The van der Waals surface area contributed by atoms with Crippen molar-refractivity contribution in [1.29, 1.82) is 0 Å². The van der Waals surface area contributed by atoms with Gasteiger partial charge in [0.25, 0.3) is 0 Å². The quantitative estimate of drug-likeness (QED) is 0.549. The predicted octanol–water partition coefficient (Wildman–Crippen LogP) is 4.12. The van der Waals surface area contributed by atoms with Gasteiger partial charge in [0.2, 0.25) is 0 Å². The Morgan fingerprint density at radius 3 is 2.60 bits per heavy atom. The molecule has 30 heavy (non-hydrogen) atoms. The summed E-state index contributed by atoms with van der Waals surface area (Å²) in [5.41, 5.74) is 0.853. The molecular weight excluding hydrogens is 393 g/mol. The maximum absolute atomic E-state index is 12.5. The van der Waals surface area contributed by atoms with Crippen LogP contribution in [-0.4, -0.2) is 55.9 Å². The number of halogens is 3. The Morgan fingerprint density at radius 1 is 1.23 bits per heavy atom. The van der Waals surface area contributed by atoms with E-state index in [0.717, 1.165) is 49.5 Å². The molecule has 168 valence electrons. The highest BCUT2D eigenvalue weighted by molar-refractivity contribution is 5.80. The second-order valence-corrected chi connectivity index (χ2v) is 8.92. The molecule has 1 fully saturated rings. The molecule has 2 N–H and O–H groups in total. The minimum absolute atomic E-state index is 0.0988. The highest BCUT2D eigenvalue weighted by atomic mass is 19.4. The standard InChI is InChI=1S/C22H33F3N4O/c1-21(2)14-18(17-6-4-5-7-19(17)30-21)28-20(26-3)27-11-8-16-9-12-29(13-10-16)15-22(23,24)25/h4-7,16,18H,8-15H2,1-3H3,(H2,26,27,28). The van der Waals surface area contributed by atoms with Gasteiger partial charge < -0.3 is 15.4 Å². The molecule has 0 aromatic heterocycles. The molecule has 0 bridgehead atoms. The number of fused-ring (bicyclic) bond motifs is 1. The van der Waals surface area contributed by atoms with Gasteiger partial charge in [-0.05, 0) is 58.2 Å². The van der Waals surface area contributed by atoms with Crippen LogP contribution >= 0.6 is 0 Å². The molecule has 1 aromatic rings. The molecule has 0 radical (unpaired) electrons. The number of benzene rings is 1. The van der Waals surface area contributed by atoms with Crippen LogP contribution in [-0.2, 0) is 0 Å². The molecule has 5 nitrogen and oxygen atoms in total. The first-order chi connectivity index (χ1) is 14.1. The van der Waals surface area contributed by atoms with Gasteiger partial charge in [-0.3, -0.25) is 9.89 Å². The van der Waals surface area contributed by atoms with E-state index in [-0.39, 0.29) is 11.6 Å². The molecule has 1 unspecified atom stereocenters. The van der Waals surface area contributed by atoms with Crippen LogP contribution in [0.25, 0.3) is 0 Å². The summed E-state index contributed by atoms with van der Waals surface area (Å²) in [5, 5.41) is 6.89. The molecular formula is C22H33F3N4O. The van der Waals surface area contributed by atoms with E-state index in [1.807, 2.05) is 18.2 Å². The molecule has 2 heterocycles. The summed E-state index contributed by atoms with van der Waals surface area (Å²) < 4.78 is 43.7. The van der Waals surface area contributed by atoms with Crippen LogP contribution in [0.3, 0.4) is 0 Å². The van der Waals surface area contributed by atoms with E-state index in [1.54, 1.807) is 7.05 Å². The van der Waals surface area contributed by atoms with E-state index in [2.05, 4.69) is 35.5 Å². The van der Waals surface area contributed by atoms with Crippen LogP contribution in [0.2, 0.25) is 0 Å². The molecule has 0 spiro atoms. The smallest absolute Gasteiger partial charge is 0.401 e. The first-order valence-corrected chi connectivity index (χ1v) is 10.7. The molecule has 1 atom stereocenters. The van der Waals surface area contributed by atoms with E-state index < -0.39 is 12.7 Å². The van der Waals surface area contributed by atoms with E-state index in [0.29, 0.717) is 19.0 Å². The predicted molar refractivity (Wildman–Crippen MR) is 113 cm³/mol. The summed E-state index contributed by atoms with van der Waals surface area (Å²) in [7, 11) is 1.75. The third kappa shape index (κ3) is 6.52. The van der Waals surface area contributed by atoms with Crippen molar-refractivity contribution < 1.29 is 17.9 Å². The summed E-state index contributed by atoms with van der Waals surface area (Å²) in [6.45, 7) is 5.16. The van der Waals surface area contributed by atoms with E-state index in [1.165, 1.54) is 4.90 Å². The number of guanidine groups is 1. The second kappa shape index (κ2) is 9.45. The number of hydrogen-bond donors (Lipinski definition) is 2. The summed E-state index contributed by atoms with van der Waals surface area (Å²) in [6, 6.07) is 8.15. The Labute approximate surface area is 177 Å². The van der Waals surface area contributed by atoms with Crippen molar-refractivity contribution in [3.63, 3.8) is 0 Å². The highest BCUT2D eigenvalue weighted by Gasteiger charge is 2.34. The fourth-order valence-corrected chi connectivity index (χ4v) is 4.37. The number of nitrogens with zero attached hydrogens (tertiary/aromatic N) is 2. The van der Waals surface area contributed by atoms with Crippen molar-refractivity contribution >= 4 is 5.96 Å². The minimum atomic E-state index is -4.11. The van der Waals surface area contributed by atoms with Gasteiger partial charge in [-0.25, -0.2) is 0 Å². The van der Waals surface area contributed by atoms with Gasteiger partial charge in [-0.15, -0.1) is 0 Å². The van der Waals surface area contributed by atoms with Crippen LogP contribution in [0, 0.1) is 5.92 Å². The van der Waals surface area contributed by atoms with Crippen LogP contribution in [0.1, 0.15) is 51.1 Å². The van der Waals surface area contributed by atoms with Crippen molar-refractivity contribution in [1.82, 2.24) is 15.5 Å². The van der Waals surface area contributed by atoms with E-state index in [4.69, 9.17) is 4.74 Å². The zero-order valence-corrected chi connectivity index (χ0v) is 18.1. The number of hydrogen-bond acceptors (Lipinski definition) is 3. The fraction of sp³-hybridized carbons (Fsp3) is 0.682. The molecule has 2 aliphatic heterocycles. The largest absolute Gasteiger partial charge is 0.487 e. The van der Waals surface area contributed by atoms with Crippen LogP contribution in [0.5, 0.6) is 5.75 Å². The number of rotatable bonds is 5. The SMILES string of the molecule is CN=C(NCCC1CCN(CC(F)(F)F)CC1)NC1CC(C)(C)Oc2ccccc21. The lowest BCUT2D eigenvalue weighted by molar-refractivity contribution is -0.148. The number of likely N-dealkylation sites (tertiary alicyclic amines) is 1. The second-order valence-electron chi connectivity index (χ2n) is 8.92. The third-order valence-corrected chi connectivity index (χ3v) is 5.87. The fourth-order valence-electron chi connectivity index (χ4n) is 4.37. The molecule has 8 heteroatoms. The van der Waals surface area contributed by atoms with Crippen LogP contribution < -0.4 is 15.4 Å². The van der Waals surface area contributed by atoms with Gasteiger partial charge in [0.05, 0.1) is 12.6 Å². The maximum Gasteiger partial charge on any atom is 0.401 e. The Bertz CT molecular complexity index is 727. The molecule has 2 aliphatic rings. The number of ether oxygens (including phenoxy) is 1. The molecule has 3 rings (SSSR count). The molecule has 1 saturated heterocycles. The van der Waals surface area contributed by atoms with Crippen molar-refractivity contribution in [2.45, 2.75) is 57.3 Å². The van der Waals surface area contributed by atoms with Gasteiger partial charge in [0.15, 0.2) is 5.96 Å². The lowest BCUT2D eigenvalue weighted by atomic mass is 9.90. The Morgan fingerprint density at radius 2 is 1.93 bits per heavy atom. The first kappa shape index (κ1) is 22.7. The van der Waals surface area contributed by atoms with Gasteiger partial charge in [0, 0.05) is 25.6 Å². The normalized spacial score (nSPS) is 22.9. The lowest BCUT2D eigenvalue weighted by Crippen LogP contribution is -2.46. The molecule has 0 aliphatic carbocycles. The number of aliphatic imine (C=N–C) groups is 1. The van der Waals surface area contributed by atoms with Crippen LogP contribution in [0.4, 0.5) is 13.2 Å². The Kier molecular flexibility index (Phi) is 7.16. The Hall–Kier alpha value is -1.96. The van der Waals surface area contributed by atoms with Gasteiger partial charge >= 0.3 is 6.18 Å². The highest BCUT2D eigenvalue weighted by Crippen LogP contribution is 2.39. The topological polar surface area (TPSA) is 48.9 Å². The van der Waals surface area contributed by atoms with Crippen molar-refractivity contribution in [3.05, 3.63) is 29.8 Å². The number of para-hydroxylation sites is 1. The van der Waals surface area contributed by atoms with Gasteiger partial charge in [-0.2, -0.15) is 13.2 Å². The number of nitrogens with one attached hydrogen (secondary N) is 2. The van der Waals surface area contributed by atoms with Crippen molar-refractivity contribution in [2.75, 3.05) is 33.2 Å². The maximum atomic E-state index is 12.5. The van der Waals surface area contributed by atoms with Gasteiger partial charge in [-0.1, -0.05) is 18.2 Å². The van der Waals surface area contributed by atoms with Crippen LogP contribution in [0.15, 0.2) is 29.3 Å². The van der Waals surface area contributed by atoms with Crippen molar-refractivity contribution in [3.8, 4) is 5.75 Å². The van der Waals surface area contributed by atoms with E-state index in [9.17, 15) is 13.2 Å². The summed E-state index contributed by atoms with van der Waals surface area (Å²) in [4.78, 5) is 5.87. The first-order valence-electron chi connectivity index (χ1n) is 10.7. The number of piperidine rings is 1. The molecule has 1 aromatic carbocycles. The molecule has 0 amide bonds. The monoisotopic (exact) mass is 426 g/mol. The summed E-state index contributed by atoms with van der Waals surface area (Å²) in [6.07, 6.45) is -0.737. The summed E-state index contributed by atoms with van der Waals surface area (Å²) >= 11 is 0. The average Bonchev–Trinajstić information content (AvgIpc) is 2.66. The molecule has 0 saturated carbocycles. The Balaban J connectivity index is 1.46. The zero-order chi connectivity index (χ0) is 21.8. The van der Waals surface area contributed by atoms with E-state index >= 15 is 0 Å². The number of alkyl halides is 3. The lowest BCUT2D eigenvalue weighted by Gasteiger charge is -2.38. The van der Waals surface area contributed by atoms with Crippen molar-refractivity contribution in [2.24, 2.45) is 10.9 Å². The zero-order valence-electron chi connectivity index (χ0n) is 18.1. The third-order valence-electron chi connectivity index (χ3n) is 5.87. The van der Waals surface area contributed by atoms with Gasteiger partial charge in [0.1, 0.15) is 11.4 Å².